The molecular formula is C16H10Br2N2O3. The van der Waals surface area contributed by atoms with Crippen LogP contribution in [-0.2, 0) is 0 Å². The molecule has 7 heteroatoms. The smallest absolute Gasteiger partial charge is 0.307 e. The summed E-state index contributed by atoms with van der Waals surface area (Å²) in [5.74, 6) is -0.291. The summed E-state index contributed by atoms with van der Waals surface area (Å²) in [6.07, 6.45) is 1.41. The Hall–Kier alpha value is -2.12. The fourth-order valence-electron chi connectivity index (χ4n) is 2.09. The second-order valence-corrected chi connectivity index (χ2v) is 6.23. The lowest BCUT2D eigenvalue weighted by Gasteiger charge is -2.04. The molecule has 116 valence electrons. The van der Waals surface area contributed by atoms with Crippen LogP contribution in [0.2, 0.25) is 0 Å². The Labute approximate surface area is 148 Å². The van der Waals surface area contributed by atoms with Crippen LogP contribution in [-0.4, -0.2) is 17.2 Å². The van der Waals surface area contributed by atoms with Gasteiger partial charge in [0.15, 0.2) is 10.4 Å². The van der Waals surface area contributed by atoms with Crippen LogP contribution >= 0.6 is 31.9 Å². The number of aromatic hydroxyl groups is 1. The molecule has 0 aliphatic carbocycles. The number of hydrogen-bond acceptors (Lipinski definition) is 4. The minimum absolute atomic E-state index is 0.0881. The molecule has 23 heavy (non-hydrogen) atoms. The number of carbonyl (C=O) groups excluding carboxylic acids is 1. The highest BCUT2D eigenvalue weighted by molar-refractivity contribution is 9.13. The number of benzene rings is 2. The summed E-state index contributed by atoms with van der Waals surface area (Å²) in [6.45, 7) is 0. The third-order valence-electron chi connectivity index (χ3n) is 3.18. The van der Waals surface area contributed by atoms with Crippen LogP contribution < -0.4 is 5.43 Å². The number of furan rings is 1. The standard InChI is InChI=1S/C16H10Br2N2O3/c17-12-7-14(23-15(12)18)16(22)20-19-8-11-10-4-2-1-3-9(10)5-6-13(11)21/h1-8,21H,(H,20,22)/b19-8-. The number of carbonyl (C=O) groups is 1. The Balaban J connectivity index is 1.83. The van der Waals surface area contributed by atoms with Gasteiger partial charge in [0.25, 0.3) is 0 Å². The van der Waals surface area contributed by atoms with Crippen LogP contribution in [0.15, 0.2) is 61.1 Å². The molecule has 1 heterocycles. The van der Waals surface area contributed by atoms with Crippen molar-refractivity contribution in [3.05, 3.63) is 62.9 Å². The minimum Gasteiger partial charge on any atom is -0.507 e. The highest BCUT2D eigenvalue weighted by Crippen LogP contribution is 2.27. The van der Waals surface area contributed by atoms with Gasteiger partial charge >= 0.3 is 5.91 Å². The first-order valence-electron chi connectivity index (χ1n) is 6.55. The van der Waals surface area contributed by atoms with E-state index in [2.05, 4.69) is 42.4 Å². The molecule has 0 radical (unpaired) electrons. The molecule has 0 aliphatic rings. The molecule has 5 nitrogen and oxygen atoms in total. The van der Waals surface area contributed by atoms with E-state index in [9.17, 15) is 9.90 Å². The maximum absolute atomic E-state index is 11.9. The van der Waals surface area contributed by atoms with E-state index in [-0.39, 0.29) is 11.5 Å². The topological polar surface area (TPSA) is 74.8 Å². The fourth-order valence-corrected chi connectivity index (χ4v) is 2.67. The summed E-state index contributed by atoms with van der Waals surface area (Å²) in [6, 6.07) is 12.5. The number of fused-ring (bicyclic) bond motifs is 1. The average Bonchev–Trinajstić information content (AvgIpc) is 2.89. The first-order chi connectivity index (χ1) is 11.1. The predicted molar refractivity (Wildman–Crippen MR) is 94.8 cm³/mol. The monoisotopic (exact) mass is 436 g/mol. The summed E-state index contributed by atoms with van der Waals surface area (Å²) in [5.41, 5.74) is 2.90. The van der Waals surface area contributed by atoms with Crippen molar-refractivity contribution in [2.24, 2.45) is 5.10 Å². The van der Waals surface area contributed by atoms with Gasteiger partial charge in [-0.3, -0.25) is 4.79 Å². The van der Waals surface area contributed by atoms with Gasteiger partial charge in [-0.2, -0.15) is 5.10 Å². The van der Waals surface area contributed by atoms with E-state index in [1.807, 2.05) is 30.3 Å². The zero-order valence-electron chi connectivity index (χ0n) is 11.6. The summed E-state index contributed by atoms with van der Waals surface area (Å²) in [4.78, 5) is 11.9. The van der Waals surface area contributed by atoms with E-state index < -0.39 is 5.91 Å². The fraction of sp³-hybridized carbons (Fsp3) is 0. The number of nitrogens with one attached hydrogen (secondary N) is 1. The van der Waals surface area contributed by atoms with Crippen LogP contribution in [0, 0.1) is 0 Å². The predicted octanol–water partition coefficient (Wildman–Crippen LogP) is 4.43. The molecule has 0 saturated heterocycles. The number of halogens is 2. The number of amides is 1. The quantitative estimate of drug-likeness (QED) is 0.470. The Morgan fingerprint density at radius 1 is 1.22 bits per heavy atom. The zero-order valence-corrected chi connectivity index (χ0v) is 14.8. The van der Waals surface area contributed by atoms with Crippen LogP contribution in [0.4, 0.5) is 0 Å². The van der Waals surface area contributed by atoms with Gasteiger partial charge < -0.3 is 9.52 Å². The van der Waals surface area contributed by atoms with Crippen LogP contribution in [0.25, 0.3) is 10.8 Å². The van der Waals surface area contributed by atoms with Crippen molar-refractivity contribution in [2.45, 2.75) is 0 Å². The van der Waals surface area contributed by atoms with Gasteiger partial charge in [0.1, 0.15) is 5.75 Å². The van der Waals surface area contributed by atoms with Gasteiger partial charge in [-0.1, -0.05) is 30.3 Å². The van der Waals surface area contributed by atoms with Gasteiger partial charge in [0, 0.05) is 11.6 Å². The van der Waals surface area contributed by atoms with Crippen molar-refractivity contribution in [3.8, 4) is 5.75 Å². The van der Waals surface area contributed by atoms with Crippen LogP contribution in [0.5, 0.6) is 5.75 Å². The number of hydrogen-bond donors (Lipinski definition) is 2. The molecule has 2 N–H and O–H groups in total. The lowest BCUT2D eigenvalue weighted by atomic mass is 10.0. The molecule has 1 amide bonds. The molecule has 0 unspecified atom stereocenters. The molecule has 3 rings (SSSR count). The van der Waals surface area contributed by atoms with E-state index in [0.29, 0.717) is 14.7 Å². The average molecular weight is 438 g/mol. The molecule has 3 aromatic rings. The van der Waals surface area contributed by atoms with E-state index in [1.165, 1.54) is 12.3 Å². The lowest BCUT2D eigenvalue weighted by molar-refractivity contribution is 0.0926. The molecule has 2 aromatic carbocycles. The van der Waals surface area contributed by atoms with Crippen molar-refractivity contribution in [1.82, 2.24) is 5.43 Å². The lowest BCUT2D eigenvalue weighted by Crippen LogP contribution is -2.16. The molecule has 0 saturated carbocycles. The second-order valence-electron chi connectivity index (χ2n) is 4.65. The maximum Gasteiger partial charge on any atom is 0.307 e. The van der Waals surface area contributed by atoms with Crippen molar-refractivity contribution in [1.29, 1.82) is 0 Å². The summed E-state index contributed by atoms with van der Waals surface area (Å²) in [5, 5.41) is 15.7. The Kier molecular flexibility index (Phi) is 4.49. The van der Waals surface area contributed by atoms with Crippen LogP contribution in [0.1, 0.15) is 16.1 Å². The van der Waals surface area contributed by atoms with Gasteiger partial charge in [0.2, 0.25) is 0 Å². The molecule has 0 spiro atoms. The van der Waals surface area contributed by atoms with Gasteiger partial charge in [0.05, 0.1) is 10.7 Å². The number of nitrogens with zero attached hydrogens (tertiary/aromatic N) is 1. The molecule has 1 aromatic heterocycles. The first kappa shape index (κ1) is 15.8. The zero-order chi connectivity index (χ0) is 16.4. The SMILES string of the molecule is O=C(N/N=C\c1c(O)ccc2ccccc12)c1cc(Br)c(Br)o1. The summed E-state index contributed by atoms with van der Waals surface area (Å²) < 4.78 is 6.27. The molecule has 0 fully saturated rings. The van der Waals surface area contributed by atoms with Gasteiger partial charge in [-0.05, 0) is 48.7 Å². The second kappa shape index (κ2) is 6.55. The Morgan fingerprint density at radius 3 is 2.74 bits per heavy atom. The molecular weight excluding hydrogens is 428 g/mol. The van der Waals surface area contributed by atoms with E-state index in [0.717, 1.165) is 10.8 Å². The highest BCUT2D eigenvalue weighted by Gasteiger charge is 2.13. The van der Waals surface area contributed by atoms with Crippen molar-refractivity contribution in [3.63, 3.8) is 0 Å². The van der Waals surface area contributed by atoms with Gasteiger partial charge in [-0.25, -0.2) is 5.43 Å². The Morgan fingerprint density at radius 2 is 2.00 bits per heavy atom. The van der Waals surface area contributed by atoms with Crippen LogP contribution in [0.3, 0.4) is 0 Å². The van der Waals surface area contributed by atoms with E-state index in [1.54, 1.807) is 6.07 Å². The van der Waals surface area contributed by atoms with Crippen molar-refractivity contribution in [2.75, 3.05) is 0 Å². The molecule has 0 atom stereocenters. The number of phenolic OH excluding ortho intramolecular Hbond substituents is 1. The minimum atomic E-state index is -0.493. The molecule has 0 bridgehead atoms. The normalized spacial score (nSPS) is 11.2. The maximum atomic E-state index is 11.9. The summed E-state index contributed by atoms with van der Waals surface area (Å²) >= 11 is 6.39. The van der Waals surface area contributed by atoms with Crippen molar-refractivity contribution < 1.29 is 14.3 Å². The number of phenols is 1. The summed E-state index contributed by atoms with van der Waals surface area (Å²) in [7, 11) is 0. The third kappa shape index (κ3) is 3.30. The largest absolute Gasteiger partial charge is 0.507 e. The Bertz CT molecular complexity index is 899. The number of rotatable bonds is 3. The van der Waals surface area contributed by atoms with Gasteiger partial charge in [-0.15, -0.1) is 0 Å². The number of hydrazone groups is 1. The first-order valence-corrected chi connectivity index (χ1v) is 8.14. The molecule has 0 aliphatic heterocycles. The van der Waals surface area contributed by atoms with E-state index in [4.69, 9.17) is 4.42 Å². The van der Waals surface area contributed by atoms with Crippen molar-refractivity contribution >= 4 is 54.8 Å². The van der Waals surface area contributed by atoms with E-state index >= 15 is 0 Å². The highest BCUT2D eigenvalue weighted by atomic mass is 79.9. The third-order valence-corrected chi connectivity index (χ3v) is 4.89.